The standard InChI is InChI=1S/C32H32ClFN6O2/c1-20-37-38-32-28(18-30(41)39-14-12-22(13-15-39)24-5-3-4-21(16-24)19-35-34)36-31(23-6-8-25(33)9-7-23)27-17-26(42-2)10-11-29(27)40(20)32/h3-11,16-17,22,28,35H,12-15,18-19H2,1-2H3/t28-/m0/s1. The topological polar surface area (TPSA) is 84.6 Å². The lowest BCUT2D eigenvalue weighted by molar-refractivity contribution is -0.132. The number of hydrogen-bond acceptors (Lipinski definition) is 6. The van der Waals surface area contributed by atoms with Gasteiger partial charge < -0.3 is 9.64 Å². The maximum absolute atomic E-state index is 13.8. The third kappa shape index (κ3) is 5.54. The summed E-state index contributed by atoms with van der Waals surface area (Å²) in [4.78, 5) is 20.9. The van der Waals surface area contributed by atoms with Gasteiger partial charge in [0.05, 0.1) is 31.5 Å². The zero-order chi connectivity index (χ0) is 29.2. The third-order valence-corrected chi connectivity index (χ3v) is 8.41. The van der Waals surface area contributed by atoms with Crippen molar-refractivity contribution in [3.05, 3.63) is 106 Å². The molecule has 1 aromatic heterocycles. The Morgan fingerprint density at radius 2 is 1.86 bits per heavy atom. The van der Waals surface area contributed by atoms with Crippen molar-refractivity contribution in [3.8, 4) is 11.4 Å². The number of aryl methyl sites for hydroxylation is 1. The number of halogens is 2. The van der Waals surface area contributed by atoms with E-state index in [4.69, 9.17) is 21.3 Å². The van der Waals surface area contributed by atoms with Gasteiger partial charge in [-0.2, -0.15) is 5.54 Å². The fraction of sp³-hybridized carbons (Fsp3) is 0.312. The molecule has 1 N–H and O–H groups in total. The molecule has 42 heavy (non-hydrogen) atoms. The first kappa shape index (κ1) is 28.1. The molecule has 10 heteroatoms. The van der Waals surface area contributed by atoms with Crippen LogP contribution >= 0.6 is 11.6 Å². The number of likely N-dealkylation sites (tertiary alicyclic amines) is 1. The molecule has 0 unspecified atom stereocenters. The van der Waals surface area contributed by atoms with Crippen LogP contribution in [0.1, 0.15) is 65.1 Å². The largest absolute Gasteiger partial charge is 0.497 e. The molecule has 6 rings (SSSR count). The third-order valence-electron chi connectivity index (χ3n) is 8.16. The van der Waals surface area contributed by atoms with Gasteiger partial charge in [-0.15, -0.1) is 14.7 Å². The molecule has 0 aliphatic carbocycles. The lowest BCUT2D eigenvalue weighted by Crippen LogP contribution is -2.38. The van der Waals surface area contributed by atoms with E-state index in [1.807, 2.05) is 71.0 Å². The van der Waals surface area contributed by atoms with E-state index in [0.29, 0.717) is 41.4 Å². The van der Waals surface area contributed by atoms with Crippen LogP contribution in [0.25, 0.3) is 5.69 Å². The number of fused-ring (bicyclic) bond motifs is 3. The average molecular weight is 587 g/mol. The molecule has 0 spiro atoms. The van der Waals surface area contributed by atoms with E-state index in [1.165, 1.54) is 5.56 Å². The summed E-state index contributed by atoms with van der Waals surface area (Å²) in [5, 5.41) is 9.50. The molecule has 8 nitrogen and oxygen atoms in total. The van der Waals surface area contributed by atoms with Gasteiger partial charge in [-0.1, -0.05) is 48.0 Å². The molecule has 3 heterocycles. The predicted octanol–water partition coefficient (Wildman–Crippen LogP) is 5.90. The minimum Gasteiger partial charge on any atom is -0.497 e. The molecule has 1 fully saturated rings. The molecule has 3 aromatic carbocycles. The summed E-state index contributed by atoms with van der Waals surface area (Å²) in [7, 11) is 1.63. The Bertz CT molecular complexity index is 1630. The maximum atomic E-state index is 13.8. The van der Waals surface area contributed by atoms with Gasteiger partial charge in [-0.05, 0) is 67.1 Å². The van der Waals surface area contributed by atoms with Crippen molar-refractivity contribution in [2.75, 3.05) is 20.2 Å². The van der Waals surface area contributed by atoms with Gasteiger partial charge in [0.1, 0.15) is 17.6 Å². The van der Waals surface area contributed by atoms with Gasteiger partial charge >= 0.3 is 0 Å². The van der Waals surface area contributed by atoms with Crippen molar-refractivity contribution in [2.45, 2.75) is 44.7 Å². The molecule has 1 atom stereocenters. The fourth-order valence-corrected chi connectivity index (χ4v) is 6.09. The summed E-state index contributed by atoms with van der Waals surface area (Å²) < 4.78 is 20.2. The van der Waals surface area contributed by atoms with E-state index in [-0.39, 0.29) is 18.9 Å². The first-order valence-electron chi connectivity index (χ1n) is 14.1. The van der Waals surface area contributed by atoms with E-state index in [2.05, 4.69) is 22.3 Å². The van der Waals surface area contributed by atoms with E-state index < -0.39 is 6.04 Å². The number of carbonyl (C=O) groups excluding carboxylic acids is 1. The second-order valence-electron chi connectivity index (χ2n) is 10.7. The van der Waals surface area contributed by atoms with Crippen molar-refractivity contribution in [1.82, 2.24) is 25.2 Å². The number of methoxy groups -OCH3 is 1. The Morgan fingerprint density at radius 3 is 2.60 bits per heavy atom. The highest BCUT2D eigenvalue weighted by Crippen LogP contribution is 2.36. The molecule has 2 aliphatic heterocycles. The second-order valence-corrected chi connectivity index (χ2v) is 11.2. The summed E-state index contributed by atoms with van der Waals surface area (Å²) >= 11 is 6.21. The SMILES string of the molecule is COc1ccc2c(c1)C(c1ccc(Cl)cc1)=N[C@@H](CC(=O)N1CCC(c3cccc(CNF)c3)CC1)c1nnc(C)n1-2. The molecule has 1 amide bonds. The van der Waals surface area contributed by atoms with Gasteiger partial charge in [0.15, 0.2) is 5.82 Å². The molecule has 1 saturated heterocycles. The van der Waals surface area contributed by atoms with Crippen LogP contribution in [0.2, 0.25) is 5.02 Å². The molecule has 216 valence electrons. The molecular weight excluding hydrogens is 555 g/mol. The number of nitrogens with zero attached hydrogens (tertiary/aromatic N) is 5. The van der Waals surface area contributed by atoms with Gasteiger partial charge in [-0.3, -0.25) is 14.4 Å². The van der Waals surface area contributed by atoms with Crippen LogP contribution in [0.4, 0.5) is 4.48 Å². The molecule has 4 aromatic rings. The fourth-order valence-electron chi connectivity index (χ4n) is 5.97. The van der Waals surface area contributed by atoms with Crippen LogP contribution in [0.3, 0.4) is 0 Å². The summed E-state index contributed by atoms with van der Waals surface area (Å²) in [6.45, 7) is 3.39. The van der Waals surface area contributed by atoms with Crippen LogP contribution in [-0.2, 0) is 11.3 Å². The summed E-state index contributed by atoms with van der Waals surface area (Å²) in [5.41, 5.74) is 7.19. The number of hydrogen-bond donors (Lipinski definition) is 1. The average Bonchev–Trinajstić information content (AvgIpc) is 3.34. The second kappa shape index (κ2) is 12.0. The highest BCUT2D eigenvalue weighted by atomic mass is 35.5. The molecule has 2 aliphatic rings. The first-order chi connectivity index (χ1) is 20.4. The van der Waals surface area contributed by atoms with E-state index in [1.54, 1.807) is 12.6 Å². The van der Waals surface area contributed by atoms with Crippen molar-refractivity contribution < 1.29 is 14.0 Å². The highest BCUT2D eigenvalue weighted by Gasteiger charge is 2.32. The summed E-state index contributed by atoms with van der Waals surface area (Å²) in [6.07, 6.45) is 1.87. The molecule has 0 saturated carbocycles. The van der Waals surface area contributed by atoms with Crippen LogP contribution in [0, 0.1) is 6.92 Å². The van der Waals surface area contributed by atoms with E-state index >= 15 is 0 Å². The summed E-state index contributed by atoms with van der Waals surface area (Å²) in [6, 6.07) is 20.9. The minimum atomic E-state index is -0.537. The number of ether oxygens (including phenoxy) is 1. The zero-order valence-electron chi connectivity index (χ0n) is 23.6. The van der Waals surface area contributed by atoms with Crippen molar-refractivity contribution in [2.24, 2.45) is 4.99 Å². The number of rotatable bonds is 7. The van der Waals surface area contributed by atoms with Crippen LogP contribution in [0.5, 0.6) is 5.75 Å². The van der Waals surface area contributed by atoms with E-state index in [0.717, 1.165) is 40.9 Å². The smallest absolute Gasteiger partial charge is 0.225 e. The highest BCUT2D eigenvalue weighted by molar-refractivity contribution is 6.30. The number of nitrogens with one attached hydrogen (secondary N) is 1. The van der Waals surface area contributed by atoms with Gasteiger partial charge in [-0.25, -0.2) is 0 Å². The van der Waals surface area contributed by atoms with Crippen molar-refractivity contribution in [1.29, 1.82) is 0 Å². The molecule has 0 bridgehead atoms. The van der Waals surface area contributed by atoms with Gasteiger partial charge in [0.25, 0.3) is 0 Å². The lowest BCUT2D eigenvalue weighted by atomic mass is 9.88. The van der Waals surface area contributed by atoms with Crippen LogP contribution < -0.4 is 10.3 Å². The Hall–Kier alpha value is -4.08. The maximum Gasteiger partial charge on any atom is 0.225 e. The van der Waals surface area contributed by atoms with E-state index in [9.17, 15) is 9.28 Å². The molecular formula is C32H32ClFN6O2. The zero-order valence-corrected chi connectivity index (χ0v) is 24.3. The number of benzene rings is 3. The normalized spacial score (nSPS) is 16.8. The first-order valence-corrected chi connectivity index (χ1v) is 14.5. The Morgan fingerprint density at radius 1 is 1.07 bits per heavy atom. The van der Waals surface area contributed by atoms with Crippen molar-refractivity contribution in [3.63, 3.8) is 0 Å². The van der Waals surface area contributed by atoms with Crippen molar-refractivity contribution >= 4 is 23.2 Å². The number of piperidine rings is 1. The number of amides is 1. The Balaban J connectivity index is 1.29. The van der Waals surface area contributed by atoms with Crippen LogP contribution in [-0.4, -0.2) is 51.5 Å². The Labute approximate surface area is 249 Å². The minimum absolute atomic E-state index is 0.0313. The number of aromatic nitrogens is 3. The summed E-state index contributed by atoms with van der Waals surface area (Å²) in [5.74, 6) is 2.41. The van der Waals surface area contributed by atoms with Crippen LogP contribution in [0.15, 0.2) is 71.7 Å². The molecule has 0 radical (unpaired) electrons. The Kier molecular flexibility index (Phi) is 8.04. The predicted molar refractivity (Wildman–Crippen MR) is 160 cm³/mol. The quantitative estimate of drug-likeness (QED) is 0.273. The van der Waals surface area contributed by atoms with Gasteiger partial charge in [0, 0.05) is 29.2 Å². The lowest BCUT2D eigenvalue weighted by Gasteiger charge is -2.33. The monoisotopic (exact) mass is 586 g/mol. The number of carbonyl (C=O) groups is 1. The number of aliphatic imine (C=N–C) groups is 1. The van der Waals surface area contributed by atoms with Gasteiger partial charge in [0.2, 0.25) is 5.91 Å².